The highest BCUT2D eigenvalue weighted by molar-refractivity contribution is 9.10. The van der Waals surface area contributed by atoms with Gasteiger partial charge in [-0.15, -0.1) is 0 Å². The number of hydrogen-bond acceptors (Lipinski definition) is 4. The molecule has 0 radical (unpaired) electrons. The molecule has 1 N–H and O–H groups in total. The van der Waals surface area contributed by atoms with Gasteiger partial charge in [0.2, 0.25) is 5.91 Å². The van der Waals surface area contributed by atoms with E-state index in [4.69, 9.17) is 14.2 Å². The molecule has 122 valence electrons. The summed E-state index contributed by atoms with van der Waals surface area (Å²) in [5.74, 6) is 1.81. The van der Waals surface area contributed by atoms with E-state index in [9.17, 15) is 4.79 Å². The van der Waals surface area contributed by atoms with Crippen molar-refractivity contribution in [3.8, 4) is 17.2 Å². The first-order valence-corrected chi connectivity index (χ1v) is 7.81. The van der Waals surface area contributed by atoms with Crippen molar-refractivity contribution in [3.63, 3.8) is 0 Å². The van der Waals surface area contributed by atoms with Gasteiger partial charge in [-0.25, -0.2) is 0 Å². The Balaban J connectivity index is 1.87. The van der Waals surface area contributed by atoms with Crippen LogP contribution in [0.1, 0.15) is 6.42 Å². The maximum atomic E-state index is 12.0. The van der Waals surface area contributed by atoms with E-state index in [1.807, 2.05) is 24.3 Å². The number of halogens is 1. The second-order valence-corrected chi connectivity index (χ2v) is 5.62. The number of carbonyl (C=O) groups is 1. The number of ether oxygens (including phenoxy) is 3. The number of methoxy groups -OCH3 is 2. The highest BCUT2D eigenvalue weighted by Gasteiger charge is 2.07. The van der Waals surface area contributed by atoms with Crippen molar-refractivity contribution in [3.05, 3.63) is 46.9 Å². The van der Waals surface area contributed by atoms with Gasteiger partial charge in [-0.05, 0) is 18.2 Å². The van der Waals surface area contributed by atoms with Crippen molar-refractivity contribution in [2.24, 2.45) is 0 Å². The molecule has 0 saturated heterocycles. The van der Waals surface area contributed by atoms with Gasteiger partial charge >= 0.3 is 0 Å². The maximum absolute atomic E-state index is 12.0. The Hall–Kier alpha value is -2.21. The van der Waals surface area contributed by atoms with Gasteiger partial charge in [-0.1, -0.05) is 22.0 Å². The quantitative estimate of drug-likeness (QED) is 0.792. The van der Waals surface area contributed by atoms with Gasteiger partial charge in [0.1, 0.15) is 17.2 Å². The van der Waals surface area contributed by atoms with Crippen LogP contribution in [0.25, 0.3) is 0 Å². The second-order valence-electron chi connectivity index (χ2n) is 4.71. The molecule has 0 unspecified atom stereocenters. The third-order valence-corrected chi connectivity index (χ3v) is 3.52. The summed E-state index contributed by atoms with van der Waals surface area (Å²) in [7, 11) is 3.12. The summed E-state index contributed by atoms with van der Waals surface area (Å²) in [6.07, 6.45) is 0.242. The minimum Gasteiger partial charge on any atom is -0.497 e. The molecule has 5 nitrogen and oxygen atoms in total. The first kappa shape index (κ1) is 17.1. The Kier molecular flexibility index (Phi) is 6.29. The summed E-state index contributed by atoms with van der Waals surface area (Å²) < 4.78 is 16.8. The van der Waals surface area contributed by atoms with E-state index in [0.29, 0.717) is 23.8 Å². The van der Waals surface area contributed by atoms with Crippen LogP contribution in [0, 0.1) is 0 Å². The maximum Gasteiger partial charge on any atom is 0.227 e. The standard InChI is InChI=1S/C17H18BrNO4/c1-21-15-9-13(10-16(11-15)22-2)19-17(20)6-7-23-14-5-3-4-12(18)8-14/h3-5,8-11H,6-7H2,1-2H3,(H,19,20). The Morgan fingerprint density at radius 2 is 1.74 bits per heavy atom. The van der Waals surface area contributed by atoms with E-state index in [-0.39, 0.29) is 12.3 Å². The van der Waals surface area contributed by atoms with E-state index in [0.717, 1.165) is 10.2 Å². The van der Waals surface area contributed by atoms with Gasteiger partial charge in [0, 0.05) is 28.4 Å². The first-order valence-electron chi connectivity index (χ1n) is 7.02. The van der Waals surface area contributed by atoms with Crippen LogP contribution in [0.2, 0.25) is 0 Å². The van der Waals surface area contributed by atoms with Crippen LogP contribution in [-0.4, -0.2) is 26.7 Å². The molecule has 0 saturated carbocycles. The molecule has 2 aromatic rings. The van der Waals surface area contributed by atoms with Gasteiger partial charge in [0.25, 0.3) is 0 Å². The molecule has 2 aromatic carbocycles. The third-order valence-electron chi connectivity index (χ3n) is 3.03. The Bertz CT molecular complexity index is 653. The molecular formula is C17H18BrNO4. The van der Waals surface area contributed by atoms with Crippen molar-refractivity contribution >= 4 is 27.5 Å². The van der Waals surface area contributed by atoms with E-state index >= 15 is 0 Å². The zero-order valence-corrected chi connectivity index (χ0v) is 14.6. The van der Waals surface area contributed by atoms with Gasteiger partial charge in [0.15, 0.2) is 0 Å². The highest BCUT2D eigenvalue weighted by atomic mass is 79.9. The molecule has 0 fully saturated rings. The molecule has 0 atom stereocenters. The van der Waals surface area contributed by atoms with Gasteiger partial charge in [0.05, 0.1) is 27.2 Å². The normalized spacial score (nSPS) is 10.0. The molecule has 6 heteroatoms. The van der Waals surface area contributed by atoms with Crippen LogP contribution in [0.3, 0.4) is 0 Å². The van der Waals surface area contributed by atoms with E-state index < -0.39 is 0 Å². The second kappa shape index (κ2) is 8.43. The van der Waals surface area contributed by atoms with Crippen LogP contribution in [0.4, 0.5) is 5.69 Å². The average Bonchev–Trinajstić information content (AvgIpc) is 2.54. The average molecular weight is 380 g/mol. The molecule has 0 aliphatic rings. The summed E-state index contributed by atoms with van der Waals surface area (Å²) in [6.45, 7) is 0.295. The van der Waals surface area contributed by atoms with Gasteiger partial charge in [-0.3, -0.25) is 4.79 Å². The molecule has 0 aliphatic carbocycles. The number of anilines is 1. The fraction of sp³-hybridized carbons (Fsp3) is 0.235. The molecule has 0 bridgehead atoms. The SMILES string of the molecule is COc1cc(NC(=O)CCOc2cccc(Br)c2)cc(OC)c1. The van der Waals surface area contributed by atoms with Crippen molar-refractivity contribution in [1.29, 1.82) is 0 Å². The van der Waals surface area contributed by atoms with Crippen LogP contribution in [-0.2, 0) is 4.79 Å². The summed E-state index contributed by atoms with van der Waals surface area (Å²) in [5.41, 5.74) is 0.619. The highest BCUT2D eigenvalue weighted by Crippen LogP contribution is 2.25. The Morgan fingerprint density at radius 1 is 1.04 bits per heavy atom. The zero-order chi connectivity index (χ0) is 16.7. The number of carbonyl (C=O) groups excluding carboxylic acids is 1. The van der Waals surface area contributed by atoms with Crippen LogP contribution >= 0.6 is 15.9 Å². The largest absolute Gasteiger partial charge is 0.497 e. The van der Waals surface area contributed by atoms with E-state index in [2.05, 4.69) is 21.2 Å². The lowest BCUT2D eigenvalue weighted by molar-refractivity contribution is -0.116. The summed E-state index contributed by atoms with van der Waals surface area (Å²) in [4.78, 5) is 12.0. The smallest absolute Gasteiger partial charge is 0.227 e. The topological polar surface area (TPSA) is 56.8 Å². The number of amides is 1. The number of rotatable bonds is 7. The number of hydrogen-bond donors (Lipinski definition) is 1. The summed E-state index contributed by atoms with van der Waals surface area (Å²) >= 11 is 3.37. The van der Waals surface area contributed by atoms with Crippen LogP contribution < -0.4 is 19.5 Å². The lowest BCUT2D eigenvalue weighted by Gasteiger charge is -2.10. The van der Waals surface area contributed by atoms with Crippen molar-refractivity contribution in [2.75, 3.05) is 26.1 Å². The first-order chi connectivity index (χ1) is 11.1. The van der Waals surface area contributed by atoms with Crippen molar-refractivity contribution < 1.29 is 19.0 Å². The van der Waals surface area contributed by atoms with Crippen molar-refractivity contribution in [2.45, 2.75) is 6.42 Å². The molecule has 0 aliphatic heterocycles. The van der Waals surface area contributed by atoms with E-state index in [1.54, 1.807) is 32.4 Å². The molecule has 2 rings (SSSR count). The third kappa shape index (κ3) is 5.49. The van der Waals surface area contributed by atoms with Crippen molar-refractivity contribution in [1.82, 2.24) is 0 Å². The number of nitrogens with one attached hydrogen (secondary N) is 1. The predicted molar refractivity (Wildman–Crippen MR) is 92.4 cm³/mol. The molecule has 0 heterocycles. The van der Waals surface area contributed by atoms with Gasteiger partial charge in [-0.2, -0.15) is 0 Å². The molecular weight excluding hydrogens is 362 g/mol. The number of benzene rings is 2. The Labute approximate surface area is 143 Å². The monoisotopic (exact) mass is 379 g/mol. The lowest BCUT2D eigenvalue weighted by Crippen LogP contribution is -2.15. The fourth-order valence-corrected chi connectivity index (χ4v) is 2.30. The molecule has 0 aromatic heterocycles. The van der Waals surface area contributed by atoms with Crippen LogP contribution in [0.5, 0.6) is 17.2 Å². The minimum absolute atomic E-state index is 0.143. The Morgan fingerprint density at radius 3 is 2.35 bits per heavy atom. The van der Waals surface area contributed by atoms with Crippen LogP contribution in [0.15, 0.2) is 46.9 Å². The summed E-state index contributed by atoms with van der Waals surface area (Å²) in [6, 6.07) is 12.7. The molecule has 23 heavy (non-hydrogen) atoms. The fourth-order valence-electron chi connectivity index (χ4n) is 1.92. The van der Waals surface area contributed by atoms with E-state index in [1.165, 1.54) is 0 Å². The minimum atomic E-state index is -0.143. The lowest BCUT2D eigenvalue weighted by atomic mass is 10.2. The summed E-state index contributed by atoms with van der Waals surface area (Å²) in [5, 5.41) is 2.80. The zero-order valence-electron chi connectivity index (χ0n) is 13.0. The van der Waals surface area contributed by atoms with Gasteiger partial charge < -0.3 is 19.5 Å². The molecule has 1 amide bonds. The predicted octanol–water partition coefficient (Wildman–Crippen LogP) is 3.87. The molecule has 0 spiro atoms.